The molecule has 18 heavy (non-hydrogen) atoms. The van der Waals surface area contributed by atoms with E-state index < -0.39 is 0 Å². The van der Waals surface area contributed by atoms with Gasteiger partial charge in [0.2, 0.25) is 0 Å². The second-order valence-electron chi connectivity index (χ2n) is 4.02. The van der Waals surface area contributed by atoms with Gasteiger partial charge in [-0.25, -0.2) is 5.43 Å². The first-order valence-corrected chi connectivity index (χ1v) is 5.61. The summed E-state index contributed by atoms with van der Waals surface area (Å²) in [4.78, 5) is 11.7. The van der Waals surface area contributed by atoms with Gasteiger partial charge in [-0.15, -0.1) is 0 Å². The molecule has 0 unspecified atom stereocenters. The number of hydrogen-bond acceptors (Lipinski definition) is 3. The third kappa shape index (κ3) is 3.07. The average Bonchev–Trinajstić information content (AvgIpc) is 2.75. The molecule has 0 saturated heterocycles. The molecule has 0 radical (unpaired) electrons. The second kappa shape index (κ2) is 5.31. The summed E-state index contributed by atoms with van der Waals surface area (Å²) in [5, 5.41) is 3.84. The summed E-state index contributed by atoms with van der Waals surface area (Å²) >= 11 is 0. The van der Waals surface area contributed by atoms with Crippen LogP contribution in [0.4, 0.5) is 0 Å². The van der Waals surface area contributed by atoms with E-state index in [1.165, 1.54) is 6.21 Å². The molecule has 0 atom stereocenters. The predicted molar refractivity (Wildman–Crippen MR) is 69.7 cm³/mol. The molecule has 1 amide bonds. The maximum atomic E-state index is 11.7. The average molecular weight is 242 g/mol. The van der Waals surface area contributed by atoms with Crippen LogP contribution in [0, 0.1) is 13.8 Å². The van der Waals surface area contributed by atoms with Crippen molar-refractivity contribution in [3.05, 3.63) is 59.0 Å². The van der Waals surface area contributed by atoms with Crippen molar-refractivity contribution in [2.45, 2.75) is 13.8 Å². The van der Waals surface area contributed by atoms with Crippen LogP contribution < -0.4 is 5.43 Å². The highest BCUT2D eigenvalue weighted by atomic mass is 16.3. The topological polar surface area (TPSA) is 54.6 Å². The van der Waals surface area contributed by atoms with Crippen LogP contribution in [-0.4, -0.2) is 12.1 Å². The Hall–Kier alpha value is -2.36. The summed E-state index contributed by atoms with van der Waals surface area (Å²) in [6.45, 7) is 3.79. The predicted octanol–water partition coefficient (Wildman–Crippen LogP) is 2.66. The van der Waals surface area contributed by atoms with Gasteiger partial charge in [0.1, 0.15) is 11.5 Å². The Kier molecular flexibility index (Phi) is 3.57. The maximum Gasteiger partial charge on any atom is 0.271 e. The molecule has 1 aromatic carbocycles. The Morgan fingerprint density at radius 3 is 2.78 bits per heavy atom. The molecule has 92 valence electrons. The molecule has 1 aromatic heterocycles. The lowest BCUT2D eigenvalue weighted by atomic mass is 10.1. The number of benzene rings is 1. The smallest absolute Gasteiger partial charge is 0.271 e. The molecule has 0 spiro atoms. The minimum Gasteiger partial charge on any atom is -0.460 e. The van der Waals surface area contributed by atoms with Crippen molar-refractivity contribution >= 4 is 12.1 Å². The molecule has 0 aliphatic heterocycles. The van der Waals surface area contributed by atoms with Gasteiger partial charge in [0.25, 0.3) is 5.91 Å². The van der Waals surface area contributed by atoms with Crippen molar-refractivity contribution in [3.8, 4) is 0 Å². The Bertz CT molecular complexity index is 585. The first-order valence-electron chi connectivity index (χ1n) is 5.61. The first-order chi connectivity index (χ1) is 8.65. The van der Waals surface area contributed by atoms with E-state index in [1.54, 1.807) is 12.1 Å². The molecule has 4 nitrogen and oxygen atoms in total. The SMILES string of the molecule is Cc1cccc(C(=O)N/N=C/c2ccc(C)o2)c1. The highest BCUT2D eigenvalue weighted by molar-refractivity contribution is 5.94. The number of nitrogens with zero attached hydrogens (tertiary/aromatic N) is 1. The number of aryl methyl sites for hydroxylation is 2. The molecule has 2 rings (SSSR count). The summed E-state index contributed by atoms with van der Waals surface area (Å²) in [7, 11) is 0. The number of furan rings is 1. The van der Waals surface area contributed by atoms with Gasteiger partial charge in [-0.05, 0) is 38.1 Å². The molecule has 1 heterocycles. The number of nitrogens with one attached hydrogen (secondary N) is 1. The third-order valence-corrected chi connectivity index (χ3v) is 2.40. The monoisotopic (exact) mass is 242 g/mol. The second-order valence-corrected chi connectivity index (χ2v) is 4.02. The quantitative estimate of drug-likeness (QED) is 0.664. The van der Waals surface area contributed by atoms with E-state index in [1.807, 2.05) is 38.1 Å². The fraction of sp³-hybridized carbons (Fsp3) is 0.143. The van der Waals surface area contributed by atoms with E-state index in [2.05, 4.69) is 10.5 Å². The Balaban J connectivity index is 1.98. The fourth-order valence-corrected chi connectivity index (χ4v) is 1.53. The zero-order chi connectivity index (χ0) is 13.0. The molecule has 0 saturated carbocycles. The van der Waals surface area contributed by atoms with Crippen LogP contribution in [0.25, 0.3) is 0 Å². The third-order valence-electron chi connectivity index (χ3n) is 2.40. The Morgan fingerprint density at radius 2 is 2.11 bits per heavy atom. The molecule has 4 heteroatoms. The fourth-order valence-electron chi connectivity index (χ4n) is 1.53. The number of hydrogen-bond donors (Lipinski definition) is 1. The van der Waals surface area contributed by atoms with Crippen molar-refractivity contribution in [1.82, 2.24) is 5.43 Å². The van der Waals surface area contributed by atoms with Crippen LogP contribution in [-0.2, 0) is 0 Å². The largest absolute Gasteiger partial charge is 0.460 e. The number of carbonyl (C=O) groups is 1. The van der Waals surface area contributed by atoms with E-state index in [0.717, 1.165) is 11.3 Å². The molecule has 0 aliphatic carbocycles. The van der Waals surface area contributed by atoms with Gasteiger partial charge in [0.05, 0.1) is 6.21 Å². The van der Waals surface area contributed by atoms with Gasteiger partial charge in [-0.2, -0.15) is 5.10 Å². The van der Waals surface area contributed by atoms with E-state index in [4.69, 9.17) is 4.42 Å². The Labute approximate surface area is 105 Å². The van der Waals surface area contributed by atoms with Gasteiger partial charge in [-0.3, -0.25) is 4.79 Å². The number of hydrazone groups is 1. The van der Waals surface area contributed by atoms with Crippen LogP contribution in [0.2, 0.25) is 0 Å². The van der Waals surface area contributed by atoms with Gasteiger partial charge in [-0.1, -0.05) is 17.7 Å². The lowest BCUT2D eigenvalue weighted by Gasteiger charge is -2.00. The normalized spacial score (nSPS) is 10.8. The molecular formula is C14H14N2O2. The zero-order valence-corrected chi connectivity index (χ0v) is 10.3. The van der Waals surface area contributed by atoms with Crippen molar-refractivity contribution < 1.29 is 9.21 Å². The summed E-state index contributed by atoms with van der Waals surface area (Å²) in [6, 6.07) is 11.0. The highest BCUT2D eigenvalue weighted by Crippen LogP contribution is 2.04. The molecule has 0 aliphatic rings. The van der Waals surface area contributed by atoms with Crippen LogP contribution in [0.1, 0.15) is 27.4 Å². The molecular weight excluding hydrogens is 228 g/mol. The van der Waals surface area contributed by atoms with Gasteiger partial charge in [0, 0.05) is 5.56 Å². The van der Waals surface area contributed by atoms with E-state index in [0.29, 0.717) is 11.3 Å². The van der Waals surface area contributed by atoms with E-state index in [-0.39, 0.29) is 5.91 Å². The van der Waals surface area contributed by atoms with Crippen LogP contribution in [0.15, 0.2) is 45.9 Å². The van der Waals surface area contributed by atoms with Gasteiger partial charge < -0.3 is 4.42 Å². The lowest BCUT2D eigenvalue weighted by molar-refractivity contribution is 0.0955. The van der Waals surface area contributed by atoms with Crippen LogP contribution in [0.3, 0.4) is 0 Å². The Morgan fingerprint density at radius 1 is 1.28 bits per heavy atom. The summed E-state index contributed by atoms with van der Waals surface area (Å²) in [5.41, 5.74) is 4.08. The van der Waals surface area contributed by atoms with Gasteiger partial charge in [0.15, 0.2) is 0 Å². The summed E-state index contributed by atoms with van der Waals surface area (Å²) in [6.07, 6.45) is 1.47. The van der Waals surface area contributed by atoms with Crippen molar-refractivity contribution in [2.24, 2.45) is 5.10 Å². The highest BCUT2D eigenvalue weighted by Gasteiger charge is 2.03. The summed E-state index contributed by atoms with van der Waals surface area (Å²) in [5.74, 6) is 1.18. The molecule has 0 fully saturated rings. The molecule has 2 aromatic rings. The standard InChI is InChI=1S/C14H14N2O2/c1-10-4-3-5-12(8-10)14(17)16-15-9-13-7-6-11(2)18-13/h3-9H,1-2H3,(H,16,17)/b15-9+. The van der Waals surface area contributed by atoms with Crippen LogP contribution >= 0.6 is 0 Å². The van der Waals surface area contributed by atoms with Crippen LogP contribution in [0.5, 0.6) is 0 Å². The van der Waals surface area contributed by atoms with Crippen molar-refractivity contribution in [2.75, 3.05) is 0 Å². The summed E-state index contributed by atoms with van der Waals surface area (Å²) < 4.78 is 5.29. The number of rotatable bonds is 3. The minimum absolute atomic E-state index is 0.238. The van der Waals surface area contributed by atoms with E-state index >= 15 is 0 Å². The molecule has 0 bridgehead atoms. The van der Waals surface area contributed by atoms with E-state index in [9.17, 15) is 4.79 Å². The number of carbonyl (C=O) groups excluding carboxylic acids is 1. The molecule has 1 N–H and O–H groups in total. The minimum atomic E-state index is -0.238. The zero-order valence-electron chi connectivity index (χ0n) is 10.3. The lowest BCUT2D eigenvalue weighted by Crippen LogP contribution is -2.17. The first kappa shape index (κ1) is 12.1. The van der Waals surface area contributed by atoms with Crippen molar-refractivity contribution in [1.29, 1.82) is 0 Å². The van der Waals surface area contributed by atoms with Crippen molar-refractivity contribution in [3.63, 3.8) is 0 Å². The maximum absolute atomic E-state index is 11.7. The number of amides is 1. The van der Waals surface area contributed by atoms with Gasteiger partial charge >= 0.3 is 0 Å².